The normalized spacial score (nSPS) is 16.1. The number of methoxy groups -OCH3 is 1. The smallest absolute Gasteiger partial charge is 0.332 e. The minimum absolute atomic E-state index is 0.0775. The Bertz CT molecular complexity index is 593. The molecule has 2 rings (SSSR count). The van der Waals surface area contributed by atoms with Gasteiger partial charge in [0.25, 0.3) is 5.91 Å². The maximum atomic E-state index is 12.2. The van der Waals surface area contributed by atoms with E-state index < -0.39 is 5.97 Å². The van der Waals surface area contributed by atoms with E-state index in [4.69, 9.17) is 0 Å². The Hall–Kier alpha value is -2.63. The number of esters is 1. The first-order chi connectivity index (χ1) is 10.2. The number of rotatable bonds is 4. The molecule has 21 heavy (non-hydrogen) atoms. The zero-order chi connectivity index (χ0) is 15.2. The van der Waals surface area contributed by atoms with Gasteiger partial charge in [0, 0.05) is 12.2 Å². The van der Waals surface area contributed by atoms with E-state index in [9.17, 15) is 9.59 Å². The van der Waals surface area contributed by atoms with Gasteiger partial charge < -0.3 is 10.1 Å². The quantitative estimate of drug-likeness (QED) is 0.676. The molecule has 0 spiro atoms. The summed E-state index contributed by atoms with van der Waals surface area (Å²) in [6.07, 6.45) is 1.89. The van der Waals surface area contributed by atoms with Crippen LogP contribution in [0.5, 0.6) is 0 Å². The number of para-hydroxylation sites is 1. The molecule has 1 aromatic carbocycles. The lowest BCUT2D eigenvalue weighted by molar-refractivity contribution is -0.135. The molecule has 1 aliphatic rings. The van der Waals surface area contributed by atoms with Crippen molar-refractivity contribution in [3.8, 4) is 0 Å². The minimum atomic E-state index is -0.598. The molecular weight excluding hydrogens is 270 g/mol. The molecule has 0 unspecified atom stereocenters. The lowest BCUT2D eigenvalue weighted by Crippen LogP contribution is -2.37. The predicted molar refractivity (Wildman–Crippen MR) is 79.6 cm³/mol. The fourth-order valence-electron chi connectivity index (χ4n) is 1.90. The van der Waals surface area contributed by atoms with E-state index in [2.05, 4.69) is 15.0 Å². The van der Waals surface area contributed by atoms with Gasteiger partial charge in [-0.3, -0.25) is 9.69 Å². The first-order valence-corrected chi connectivity index (χ1v) is 6.68. The number of carbonyl (C=O) groups excluding carboxylic acids is 2. The van der Waals surface area contributed by atoms with Crippen LogP contribution in [0.4, 0.5) is 5.69 Å². The molecule has 0 bridgehead atoms. The number of ether oxygens (including phenoxy) is 1. The van der Waals surface area contributed by atoms with Gasteiger partial charge in [-0.1, -0.05) is 25.1 Å². The zero-order valence-electron chi connectivity index (χ0n) is 12.0. The first kappa shape index (κ1) is 14.8. The SMILES string of the molecule is CCCN1C(=O)/C(=C/C(=O)OC)N=C1Nc1ccccc1. The molecule has 0 saturated carbocycles. The third-order valence-corrected chi connectivity index (χ3v) is 2.88. The number of nitrogens with one attached hydrogen (secondary N) is 1. The highest BCUT2D eigenvalue weighted by Gasteiger charge is 2.30. The summed E-state index contributed by atoms with van der Waals surface area (Å²) in [5.41, 5.74) is 0.901. The van der Waals surface area contributed by atoms with Gasteiger partial charge in [0.1, 0.15) is 5.70 Å². The van der Waals surface area contributed by atoms with Crippen LogP contribution in [-0.2, 0) is 14.3 Å². The summed E-state index contributed by atoms with van der Waals surface area (Å²) in [5, 5.41) is 3.09. The summed E-state index contributed by atoms with van der Waals surface area (Å²) in [6.45, 7) is 2.49. The van der Waals surface area contributed by atoms with Gasteiger partial charge in [-0.2, -0.15) is 0 Å². The van der Waals surface area contributed by atoms with Gasteiger partial charge in [-0.05, 0) is 18.6 Å². The van der Waals surface area contributed by atoms with Gasteiger partial charge in [0.05, 0.1) is 13.2 Å². The molecule has 1 aromatic rings. The van der Waals surface area contributed by atoms with Crippen LogP contribution in [0.15, 0.2) is 47.1 Å². The summed E-state index contributed by atoms with van der Waals surface area (Å²) in [4.78, 5) is 29.2. The van der Waals surface area contributed by atoms with Crippen molar-refractivity contribution in [3.63, 3.8) is 0 Å². The Labute approximate surface area is 123 Å². The average molecular weight is 287 g/mol. The highest BCUT2D eigenvalue weighted by molar-refractivity contribution is 6.17. The van der Waals surface area contributed by atoms with Crippen LogP contribution >= 0.6 is 0 Å². The molecule has 6 nitrogen and oxygen atoms in total. The van der Waals surface area contributed by atoms with Crippen LogP contribution in [0.1, 0.15) is 13.3 Å². The van der Waals surface area contributed by atoms with Crippen LogP contribution in [0.3, 0.4) is 0 Å². The summed E-state index contributed by atoms with van der Waals surface area (Å²) < 4.78 is 4.53. The van der Waals surface area contributed by atoms with Crippen LogP contribution < -0.4 is 5.32 Å². The first-order valence-electron chi connectivity index (χ1n) is 6.68. The molecule has 0 aliphatic carbocycles. The van der Waals surface area contributed by atoms with Crippen LogP contribution in [0.2, 0.25) is 0 Å². The number of aliphatic imine (C=N–C) groups is 1. The van der Waals surface area contributed by atoms with Gasteiger partial charge in [0.2, 0.25) is 5.96 Å². The Kier molecular flexibility index (Phi) is 4.71. The van der Waals surface area contributed by atoms with Gasteiger partial charge in [0.15, 0.2) is 0 Å². The molecule has 0 saturated heterocycles. The molecule has 0 fully saturated rings. The number of benzene rings is 1. The summed E-state index contributed by atoms with van der Waals surface area (Å²) in [7, 11) is 1.26. The number of hydrogen-bond donors (Lipinski definition) is 1. The maximum Gasteiger partial charge on any atom is 0.332 e. The lowest BCUT2D eigenvalue weighted by Gasteiger charge is -2.18. The molecule has 110 valence electrons. The predicted octanol–water partition coefficient (Wildman–Crippen LogP) is 1.76. The highest BCUT2D eigenvalue weighted by atomic mass is 16.5. The minimum Gasteiger partial charge on any atom is -0.466 e. The molecule has 6 heteroatoms. The van der Waals surface area contributed by atoms with Crippen LogP contribution in [-0.4, -0.2) is 36.4 Å². The molecule has 0 atom stereocenters. The van der Waals surface area contributed by atoms with E-state index in [1.807, 2.05) is 37.3 Å². The van der Waals surface area contributed by atoms with Gasteiger partial charge in [-0.25, -0.2) is 9.79 Å². The molecule has 1 heterocycles. The number of anilines is 1. The second-order valence-electron chi connectivity index (χ2n) is 4.44. The van der Waals surface area contributed by atoms with E-state index in [0.29, 0.717) is 12.5 Å². The lowest BCUT2D eigenvalue weighted by atomic mass is 10.3. The molecule has 1 aliphatic heterocycles. The number of carbonyl (C=O) groups is 2. The molecule has 0 radical (unpaired) electrons. The number of amides is 1. The molecular formula is C15H17N3O3. The van der Waals surface area contributed by atoms with E-state index >= 15 is 0 Å². The van der Waals surface area contributed by atoms with E-state index in [0.717, 1.165) is 18.2 Å². The van der Waals surface area contributed by atoms with Crippen molar-refractivity contribution in [1.29, 1.82) is 0 Å². The van der Waals surface area contributed by atoms with Crippen molar-refractivity contribution in [2.45, 2.75) is 13.3 Å². The van der Waals surface area contributed by atoms with Gasteiger partial charge in [-0.15, -0.1) is 0 Å². The number of guanidine groups is 1. The van der Waals surface area contributed by atoms with Crippen molar-refractivity contribution < 1.29 is 14.3 Å². The maximum absolute atomic E-state index is 12.2. The van der Waals surface area contributed by atoms with Crippen LogP contribution in [0.25, 0.3) is 0 Å². The van der Waals surface area contributed by atoms with Crippen molar-refractivity contribution in [1.82, 2.24) is 4.90 Å². The Morgan fingerprint density at radius 2 is 2.10 bits per heavy atom. The molecule has 1 amide bonds. The molecule has 1 N–H and O–H groups in total. The van der Waals surface area contributed by atoms with E-state index in [-0.39, 0.29) is 11.6 Å². The third-order valence-electron chi connectivity index (χ3n) is 2.88. The van der Waals surface area contributed by atoms with Gasteiger partial charge >= 0.3 is 5.97 Å². The standard InChI is InChI=1S/C15H17N3O3/c1-3-9-18-14(20)12(10-13(19)21-2)17-15(18)16-11-7-5-4-6-8-11/h4-8,10H,3,9H2,1-2H3,(H,16,17)/b12-10-. The second kappa shape index (κ2) is 6.69. The zero-order valence-corrected chi connectivity index (χ0v) is 12.0. The third kappa shape index (κ3) is 3.47. The summed E-state index contributed by atoms with van der Waals surface area (Å²) >= 11 is 0. The Balaban J connectivity index is 2.26. The summed E-state index contributed by atoms with van der Waals surface area (Å²) in [5.74, 6) is -0.483. The van der Waals surface area contributed by atoms with E-state index in [1.54, 1.807) is 0 Å². The monoisotopic (exact) mass is 287 g/mol. The highest BCUT2D eigenvalue weighted by Crippen LogP contribution is 2.17. The molecule has 0 aromatic heterocycles. The topological polar surface area (TPSA) is 71.0 Å². The Morgan fingerprint density at radius 3 is 2.71 bits per heavy atom. The van der Waals surface area contributed by atoms with E-state index in [1.165, 1.54) is 12.0 Å². The number of hydrogen-bond acceptors (Lipinski definition) is 5. The van der Waals surface area contributed by atoms with Crippen LogP contribution in [0, 0.1) is 0 Å². The fraction of sp³-hybridized carbons (Fsp3) is 0.267. The van der Waals surface area contributed by atoms with Crippen molar-refractivity contribution in [2.75, 3.05) is 19.0 Å². The van der Waals surface area contributed by atoms with Crippen molar-refractivity contribution in [3.05, 3.63) is 42.1 Å². The average Bonchev–Trinajstić information content (AvgIpc) is 2.77. The second-order valence-corrected chi connectivity index (χ2v) is 4.44. The largest absolute Gasteiger partial charge is 0.466 e. The number of nitrogens with zero attached hydrogens (tertiary/aromatic N) is 2. The summed E-state index contributed by atoms with van der Waals surface area (Å²) in [6, 6.07) is 9.42. The fourth-order valence-corrected chi connectivity index (χ4v) is 1.90. The Morgan fingerprint density at radius 1 is 1.38 bits per heavy atom. The van der Waals surface area contributed by atoms with Crippen molar-refractivity contribution in [2.24, 2.45) is 4.99 Å². The van der Waals surface area contributed by atoms with Crippen molar-refractivity contribution >= 4 is 23.5 Å².